The molecule has 0 radical (unpaired) electrons. The Balaban J connectivity index is 1.75. The molecule has 1 fully saturated rings. The molecule has 1 aliphatic rings. The van der Waals surface area contributed by atoms with Gasteiger partial charge in [-0.05, 0) is 43.4 Å². The van der Waals surface area contributed by atoms with Gasteiger partial charge < -0.3 is 15.4 Å². The minimum absolute atomic E-state index is 0.0309. The van der Waals surface area contributed by atoms with E-state index in [4.69, 9.17) is 27.9 Å². The van der Waals surface area contributed by atoms with Gasteiger partial charge in [0.25, 0.3) is 0 Å². The second-order valence-corrected chi connectivity index (χ2v) is 6.39. The minimum Gasteiger partial charge on any atom is -0.379 e. The Hall–Kier alpha value is -0.970. The summed E-state index contributed by atoms with van der Waals surface area (Å²) in [6.07, 6.45) is 2.63. The first-order chi connectivity index (χ1) is 10.6. The van der Waals surface area contributed by atoms with Crippen molar-refractivity contribution in [2.24, 2.45) is 10.9 Å². The third-order valence-electron chi connectivity index (χ3n) is 3.60. The van der Waals surface area contributed by atoms with Gasteiger partial charge in [0.15, 0.2) is 5.96 Å². The van der Waals surface area contributed by atoms with Crippen molar-refractivity contribution in [3.63, 3.8) is 0 Å². The third-order valence-corrected chi connectivity index (χ3v) is 4.16. The fourth-order valence-corrected chi connectivity index (χ4v) is 2.68. The molecule has 2 rings (SSSR count). The Bertz CT molecular complexity index is 518. The SMILES string of the molecule is CN=C(NCCOCC1CC1)NC(C)c1ccc(Cl)cc1Cl. The van der Waals surface area contributed by atoms with Crippen molar-refractivity contribution in [2.75, 3.05) is 26.8 Å². The lowest BCUT2D eigenvalue weighted by molar-refractivity contribution is 0.129. The number of rotatable bonds is 7. The smallest absolute Gasteiger partial charge is 0.191 e. The molecule has 0 bridgehead atoms. The van der Waals surface area contributed by atoms with Gasteiger partial charge in [-0.25, -0.2) is 0 Å². The Morgan fingerprint density at radius 1 is 1.41 bits per heavy atom. The van der Waals surface area contributed by atoms with Crippen molar-refractivity contribution in [1.29, 1.82) is 0 Å². The van der Waals surface area contributed by atoms with Gasteiger partial charge in [0.2, 0.25) is 0 Å². The van der Waals surface area contributed by atoms with E-state index in [1.807, 2.05) is 19.1 Å². The van der Waals surface area contributed by atoms with Crippen LogP contribution in [0.25, 0.3) is 0 Å². The molecule has 0 heterocycles. The number of aliphatic imine (C=N–C) groups is 1. The molecular formula is C16H23Cl2N3O. The molecule has 1 aliphatic carbocycles. The average molecular weight is 344 g/mol. The van der Waals surface area contributed by atoms with E-state index >= 15 is 0 Å². The number of guanidine groups is 1. The molecule has 0 aliphatic heterocycles. The predicted octanol–water partition coefficient (Wildman–Crippen LogP) is 3.65. The Morgan fingerprint density at radius 3 is 2.82 bits per heavy atom. The van der Waals surface area contributed by atoms with E-state index in [1.54, 1.807) is 13.1 Å². The lowest BCUT2D eigenvalue weighted by atomic mass is 10.1. The van der Waals surface area contributed by atoms with E-state index < -0.39 is 0 Å². The van der Waals surface area contributed by atoms with Crippen LogP contribution in [0.4, 0.5) is 0 Å². The minimum atomic E-state index is 0.0309. The van der Waals surface area contributed by atoms with Crippen molar-refractivity contribution >= 4 is 29.2 Å². The van der Waals surface area contributed by atoms with Crippen molar-refractivity contribution < 1.29 is 4.74 Å². The fourth-order valence-electron chi connectivity index (χ4n) is 2.11. The fraction of sp³-hybridized carbons (Fsp3) is 0.562. The highest BCUT2D eigenvalue weighted by molar-refractivity contribution is 6.35. The molecule has 0 aromatic heterocycles. The first-order valence-corrected chi connectivity index (χ1v) is 8.35. The van der Waals surface area contributed by atoms with Crippen molar-refractivity contribution in [2.45, 2.75) is 25.8 Å². The van der Waals surface area contributed by atoms with Crippen LogP contribution in [0.1, 0.15) is 31.4 Å². The molecule has 22 heavy (non-hydrogen) atoms. The molecule has 1 unspecified atom stereocenters. The Morgan fingerprint density at radius 2 is 2.18 bits per heavy atom. The summed E-state index contributed by atoms with van der Waals surface area (Å²) in [6.45, 7) is 4.33. The zero-order valence-corrected chi connectivity index (χ0v) is 14.5. The van der Waals surface area contributed by atoms with Crippen LogP contribution in [0.3, 0.4) is 0 Å². The molecule has 4 nitrogen and oxygen atoms in total. The molecule has 0 spiro atoms. The molecular weight excluding hydrogens is 321 g/mol. The second kappa shape index (κ2) is 8.61. The zero-order valence-electron chi connectivity index (χ0n) is 13.0. The van der Waals surface area contributed by atoms with E-state index in [0.717, 1.165) is 30.6 Å². The molecule has 122 valence electrons. The van der Waals surface area contributed by atoms with Crippen molar-refractivity contribution in [1.82, 2.24) is 10.6 Å². The summed E-state index contributed by atoms with van der Waals surface area (Å²) in [5.41, 5.74) is 0.985. The maximum Gasteiger partial charge on any atom is 0.191 e. The Kier molecular flexibility index (Phi) is 6.80. The summed E-state index contributed by atoms with van der Waals surface area (Å²) in [7, 11) is 1.75. The average Bonchev–Trinajstić information content (AvgIpc) is 3.29. The molecule has 1 saturated carbocycles. The van der Waals surface area contributed by atoms with Gasteiger partial charge in [-0.15, -0.1) is 0 Å². The van der Waals surface area contributed by atoms with E-state index in [-0.39, 0.29) is 6.04 Å². The normalized spacial score (nSPS) is 16.5. The molecule has 1 atom stereocenters. The maximum atomic E-state index is 6.23. The second-order valence-electron chi connectivity index (χ2n) is 5.55. The first kappa shape index (κ1) is 17.4. The highest BCUT2D eigenvalue weighted by atomic mass is 35.5. The summed E-state index contributed by atoms with van der Waals surface area (Å²) in [5.74, 6) is 1.53. The standard InChI is InChI=1S/C16H23Cl2N3O/c1-11(14-6-5-13(17)9-15(14)18)21-16(19-2)20-7-8-22-10-12-3-4-12/h5-6,9,11-12H,3-4,7-8,10H2,1-2H3,(H2,19,20,21). The topological polar surface area (TPSA) is 45.7 Å². The van der Waals surface area contributed by atoms with E-state index in [2.05, 4.69) is 15.6 Å². The number of nitrogens with zero attached hydrogens (tertiary/aromatic N) is 1. The summed E-state index contributed by atoms with van der Waals surface area (Å²) in [6, 6.07) is 5.54. The van der Waals surface area contributed by atoms with Gasteiger partial charge in [0.05, 0.1) is 12.6 Å². The van der Waals surface area contributed by atoms with Crippen LogP contribution in [0.2, 0.25) is 10.0 Å². The number of hydrogen-bond acceptors (Lipinski definition) is 2. The predicted molar refractivity (Wildman–Crippen MR) is 92.9 cm³/mol. The summed E-state index contributed by atoms with van der Waals surface area (Å²) in [4.78, 5) is 4.22. The summed E-state index contributed by atoms with van der Waals surface area (Å²) < 4.78 is 5.59. The number of ether oxygens (including phenoxy) is 1. The summed E-state index contributed by atoms with van der Waals surface area (Å²) in [5, 5.41) is 7.84. The number of nitrogens with one attached hydrogen (secondary N) is 2. The molecule has 0 saturated heterocycles. The van der Waals surface area contributed by atoms with Crippen LogP contribution < -0.4 is 10.6 Å². The van der Waals surface area contributed by atoms with Crippen LogP contribution in [-0.2, 0) is 4.74 Å². The summed E-state index contributed by atoms with van der Waals surface area (Å²) >= 11 is 12.2. The van der Waals surface area contributed by atoms with Gasteiger partial charge in [0, 0.05) is 30.2 Å². The van der Waals surface area contributed by atoms with Gasteiger partial charge in [-0.2, -0.15) is 0 Å². The van der Waals surface area contributed by atoms with Crippen LogP contribution in [0.15, 0.2) is 23.2 Å². The monoisotopic (exact) mass is 343 g/mol. The van der Waals surface area contributed by atoms with E-state index in [0.29, 0.717) is 16.7 Å². The zero-order chi connectivity index (χ0) is 15.9. The van der Waals surface area contributed by atoms with Crippen LogP contribution in [0.5, 0.6) is 0 Å². The van der Waals surface area contributed by atoms with Gasteiger partial charge in [0.1, 0.15) is 0 Å². The highest BCUT2D eigenvalue weighted by Crippen LogP contribution is 2.28. The van der Waals surface area contributed by atoms with Crippen LogP contribution >= 0.6 is 23.2 Å². The lowest BCUT2D eigenvalue weighted by Gasteiger charge is -2.19. The maximum absolute atomic E-state index is 6.23. The van der Waals surface area contributed by atoms with Gasteiger partial charge in [-0.3, -0.25) is 4.99 Å². The van der Waals surface area contributed by atoms with Gasteiger partial charge in [-0.1, -0.05) is 29.3 Å². The van der Waals surface area contributed by atoms with E-state index in [9.17, 15) is 0 Å². The number of halogens is 2. The highest BCUT2D eigenvalue weighted by Gasteiger charge is 2.20. The first-order valence-electron chi connectivity index (χ1n) is 7.60. The molecule has 1 aromatic rings. The van der Waals surface area contributed by atoms with Gasteiger partial charge >= 0.3 is 0 Å². The van der Waals surface area contributed by atoms with Crippen LogP contribution in [-0.4, -0.2) is 32.8 Å². The van der Waals surface area contributed by atoms with Crippen LogP contribution in [0, 0.1) is 5.92 Å². The van der Waals surface area contributed by atoms with Crippen molar-refractivity contribution in [3.8, 4) is 0 Å². The molecule has 6 heteroatoms. The molecule has 0 amide bonds. The van der Waals surface area contributed by atoms with Crippen molar-refractivity contribution in [3.05, 3.63) is 33.8 Å². The quantitative estimate of drug-likeness (QED) is 0.451. The number of hydrogen-bond donors (Lipinski definition) is 2. The third kappa shape index (κ3) is 5.67. The lowest BCUT2D eigenvalue weighted by Crippen LogP contribution is -2.40. The largest absolute Gasteiger partial charge is 0.379 e. The van der Waals surface area contributed by atoms with E-state index in [1.165, 1.54) is 12.8 Å². The number of benzene rings is 1. The molecule has 1 aromatic carbocycles. The Labute approximate surface area is 142 Å². The molecule has 2 N–H and O–H groups in total.